The number of nitrogens with zero attached hydrogens (tertiary/aromatic N) is 2. The minimum absolute atomic E-state index is 0.0530. The lowest BCUT2D eigenvalue weighted by Gasteiger charge is -2.54. The molecule has 0 saturated heterocycles. The van der Waals surface area contributed by atoms with E-state index in [0.717, 1.165) is 48.8 Å². The van der Waals surface area contributed by atoms with Gasteiger partial charge in [0.2, 0.25) is 6.41 Å². The van der Waals surface area contributed by atoms with Gasteiger partial charge in [-0.3, -0.25) is 9.78 Å². The number of nitrogens with one attached hydrogen (secondary N) is 1. The summed E-state index contributed by atoms with van der Waals surface area (Å²) in [5, 5.41) is 12.5. The molecule has 4 atom stereocenters. The number of pyridine rings is 1. The first-order valence-electron chi connectivity index (χ1n) is 12.4. The van der Waals surface area contributed by atoms with Crippen molar-refractivity contribution < 1.29 is 9.59 Å². The molecule has 35 heavy (non-hydrogen) atoms. The molecule has 0 radical (unpaired) electrons. The minimum atomic E-state index is -0.459. The number of amides is 1. The Hall–Kier alpha value is -3.26. The van der Waals surface area contributed by atoms with Gasteiger partial charge in [-0.15, -0.1) is 0 Å². The highest BCUT2D eigenvalue weighted by Crippen LogP contribution is 2.52. The topological polar surface area (TPSA) is 82.8 Å². The maximum Gasteiger partial charge on any atom is 0.207 e. The number of carbonyl (C=O) groups is 2. The Morgan fingerprint density at radius 3 is 2.51 bits per heavy atom. The Kier molecular flexibility index (Phi) is 7.95. The first-order chi connectivity index (χ1) is 16.6. The summed E-state index contributed by atoms with van der Waals surface area (Å²) >= 11 is 0. The van der Waals surface area contributed by atoms with E-state index < -0.39 is 5.54 Å². The van der Waals surface area contributed by atoms with Crippen LogP contribution in [0.25, 0.3) is 17.2 Å². The van der Waals surface area contributed by atoms with Gasteiger partial charge in [0.05, 0.1) is 17.3 Å². The van der Waals surface area contributed by atoms with E-state index in [4.69, 9.17) is 0 Å². The molecule has 2 aromatic rings. The molecule has 1 heterocycles. The zero-order valence-electron chi connectivity index (χ0n) is 21.5. The lowest BCUT2D eigenvalue weighted by atomic mass is 9.55. The molecule has 1 aliphatic carbocycles. The van der Waals surface area contributed by atoms with E-state index in [1.807, 2.05) is 42.6 Å². The van der Waals surface area contributed by atoms with Crippen LogP contribution in [-0.4, -0.2) is 23.2 Å². The summed E-state index contributed by atoms with van der Waals surface area (Å²) in [6, 6.07) is 13.8. The zero-order valence-corrected chi connectivity index (χ0v) is 21.5. The first kappa shape index (κ1) is 26.3. The number of aromatic nitrogens is 1. The maximum absolute atomic E-state index is 11.6. The summed E-state index contributed by atoms with van der Waals surface area (Å²) in [5.41, 5.74) is 2.48. The minimum Gasteiger partial charge on any atom is -0.353 e. The van der Waals surface area contributed by atoms with Gasteiger partial charge in [-0.05, 0) is 67.1 Å². The molecule has 0 aliphatic heterocycles. The lowest BCUT2D eigenvalue weighted by molar-refractivity contribution is -0.118. The van der Waals surface area contributed by atoms with Crippen LogP contribution in [0, 0.1) is 34.0 Å². The molecule has 0 unspecified atom stereocenters. The van der Waals surface area contributed by atoms with Crippen LogP contribution >= 0.6 is 0 Å². The largest absolute Gasteiger partial charge is 0.353 e. The average molecular weight is 472 g/mol. The smallest absolute Gasteiger partial charge is 0.207 e. The molecule has 5 heteroatoms. The van der Waals surface area contributed by atoms with Crippen molar-refractivity contribution in [3.8, 4) is 17.2 Å². The Morgan fingerprint density at radius 2 is 1.89 bits per heavy atom. The third-order valence-electron chi connectivity index (χ3n) is 8.62. The summed E-state index contributed by atoms with van der Waals surface area (Å²) in [5.74, 6) is 0.687. The number of nitriles is 1. The molecule has 0 spiro atoms. The van der Waals surface area contributed by atoms with E-state index in [-0.39, 0.29) is 10.8 Å². The fourth-order valence-electron chi connectivity index (χ4n) is 5.72. The van der Waals surface area contributed by atoms with Crippen molar-refractivity contribution in [1.29, 1.82) is 5.26 Å². The molecule has 0 bridgehead atoms. The molecule has 1 aromatic carbocycles. The Morgan fingerprint density at radius 1 is 1.14 bits per heavy atom. The van der Waals surface area contributed by atoms with E-state index in [0.29, 0.717) is 23.8 Å². The van der Waals surface area contributed by atoms with Gasteiger partial charge in [-0.1, -0.05) is 58.0 Å². The highest BCUT2D eigenvalue weighted by atomic mass is 16.1. The van der Waals surface area contributed by atoms with Crippen molar-refractivity contribution in [3.05, 3.63) is 59.9 Å². The van der Waals surface area contributed by atoms with Gasteiger partial charge in [-0.25, -0.2) is 0 Å². The van der Waals surface area contributed by atoms with E-state index in [9.17, 15) is 14.9 Å². The van der Waals surface area contributed by atoms with Gasteiger partial charge in [0, 0.05) is 29.3 Å². The van der Waals surface area contributed by atoms with Crippen molar-refractivity contribution in [2.45, 2.75) is 65.8 Å². The number of carbonyl (C=O) groups excluding carboxylic acids is 2. The van der Waals surface area contributed by atoms with E-state index in [1.54, 1.807) is 0 Å². The van der Waals surface area contributed by atoms with Crippen molar-refractivity contribution in [2.75, 3.05) is 0 Å². The van der Waals surface area contributed by atoms with Gasteiger partial charge in [0.25, 0.3) is 0 Å². The number of rotatable bonds is 7. The SMILES string of the molecule is C[C@H]1[C@@H](/C=C/c2ccc(-c3ccccc3C#N)cn2)CC[C@](C)(CC=O)[C@](C)(NC=O)CC1(C)C. The Labute approximate surface area is 209 Å². The molecule has 1 fully saturated rings. The fourth-order valence-corrected chi connectivity index (χ4v) is 5.72. The average Bonchev–Trinajstić information content (AvgIpc) is 2.83. The predicted octanol–water partition coefficient (Wildman–Crippen LogP) is 6.20. The number of hydrogen-bond donors (Lipinski definition) is 1. The molecule has 5 nitrogen and oxygen atoms in total. The van der Waals surface area contributed by atoms with Crippen LogP contribution in [0.5, 0.6) is 0 Å². The number of aldehydes is 1. The molecule has 1 amide bonds. The molecule has 1 aromatic heterocycles. The van der Waals surface area contributed by atoms with E-state index >= 15 is 0 Å². The number of benzene rings is 1. The van der Waals surface area contributed by atoms with Gasteiger partial charge < -0.3 is 10.1 Å². The predicted molar refractivity (Wildman–Crippen MR) is 140 cm³/mol. The second-order valence-electron chi connectivity index (χ2n) is 11.2. The van der Waals surface area contributed by atoms with Crippen LogP contribution < -0.4 is 5.32 Å². The van der Waals surface area contributed by atoms with Crippen LogP contribution in [0.15, 0.2) is 48.7 Å². The van der Waals surface area contributed by atoms with Crippen LogP contribution in [0.1, 0.15) is 71.6 Å². The summed E-state index contributed by atoms with van der Waals surface area (Å²) < 4.78 is 0. The van der Waals surface area contributed by atoms with Gasteiger partial charge in [-0.2, -0.15) is 5.26 Å². The standard InChI is InChI=1S/C30H37N3O2/c1-22-23(14-15-29(4,16-17-34)30(5,33-21-35)20-28(22,2)3)10-12-26-13-11-25(19-32-26)27-9-7-6-8-24(27)18-31/h6-13,17,19,21-23H,14-16,20H2,1-5H3,(H,33,35)/b12-10+/t22-,23-,29+,30+/m0/s1. The molecule has 1 N–H and O–H groups in total. The molecule has 184 valence electrons. The Balaban J connectivity index is 1.86. The summed E-state index contributed by atoms with van der Waals surface area (Å²) in [4.78, 5) is 27.7. The Bertz CT molecular complexity index is 1120. The molecule has 1 aliphatic rings. The molecule has 3 rings (SSSR count). The second-order valence-corrected chi connectivity index (χ2v) is 11.2. The monoisotopic (exact) mass is 471 g/mol. The third kappa shape index (κ3) is 5.53. The molecular weight excluding hydrogens is 434 g/mol. The fraction of sp³-hybridized carbons (Fsp3) is 0.467. The maximum atomic E-state index is 11.6. The molecule has 1 saturated carbocycles. The summed E-state index contributed by atoms with van der Waals surface area (Å²) in [7, 11) is 0. The number of allylic oxidation sites excluding steroid dienone is 1. The van der Waals surface area contributed by atoms with E-state index in [2.05, 4.69) is 63.1 Å². The van der Waals surface area contributed by atoms with Crippen LogP contribution in [0.3, 0.4) is 0 Å². The summed E-state index contributed by atoms with van der Waals surface area (Å²) in [6.07, 6.45) is 10.9. The summed E-state index contributed by atoms with van der Waals surface area (Å²) in [6.45, 7) is 11.0. The van der Waals surface area contributed by atoms with Crippen LogP contribution in [-0.2, 0) is 9.59 Å². The van der Waals surface area contributed by atoms with Crippen molar-refractivity contribution in [3.63, 3.8) is 0 Å². The van der Waals surface area contributed by atoms with E-state index in [1.165, 1.54) is 0 Å². The number of hydrogen-bond acceptors (Lipinski definition) is 4. The van der Waals surface area contributed by atoms with Crippen molar-refractivity contribution in [1.82, 2.24) is 10.3 Å². The van der Waals surface area contributed by atoms with Crippen LogP contribution in [0.4, 0.5) is 0 Å². The normalized spacial score (nSPS) is 28.5. The lowest BCUT2D eigenvalue weighted by Crippen LogP contribution is -2.59. The van der Waals surface area contributed by atoms with Crippen LogP contribution in [0.2, 0.25) is 0 Å². The third-order valence-corrected chi connectivity index (χ3v) is 8.62. The van der Waals surface area contributed by atoms with Crippen molar-refractivity contribution in [2.24, 2.45) is 22.7 Å². The zero-order chi connectivity index (χ0) is 25.7. The first-order valence-corrected chi connectivity index (χ1v) is 12.4. The van der Waals surface area contributed by atoms with Gasteiger partial charge in [0.15, 0.2) is 0 Å². The van der Waals surface area contributed by atoms with Gasteiger partial charge >= 0.3 is 0 Å². The molecular formula is C30H37N3O2. The quantitative estimate of drug-likeness (QED) is 0.488. The van der Waals surface area contributed by atoms with Gasteiger partial charge in [0.1, 0.15) is 6.29 Å². The van der Waals surface area contributed by atoms with Crippen molar-refractivity contribution >= 4 is 18.8 Å². The highest BCUT2D eigenvalue weighted by molar-refractivity contribution is 5.70. The second kappa shape index (κ2) is 10.6. The highest BCUT2D eigenvalue weighted by Gasteiger charge is 2.50.